The second-order valence-corrected chi connectivity index (χ2v) is 10.8. The first-order valence-corrected chi connectivity index (χ1v) is 14.1. The van der Waals surface area contributed by atoms with Crippen LogP contribution < -0.4 is 0 Å². The normalized spacial score (nSPS) is 15.2. The van der Waals surface area contributed by atoms with E-state index in [1.165, 1.54) is 70.9 Å². The van der Waals surface area contributed by atoms with E-state index in [2.05, 4.69) is 152 Å². The molecule has 1 aliphatic rings. The molecule has 8 rings (SSSR count). The lowest BCUT2D eigenvalue weighted by Crippen LogP contribution is -2.03. The summed E-state index contributed by atoms with van der Waals surface area (Å²) in [6.07, 6.45) is 8.24. The van der Waals surface area contributed by atoms with Gasteiger partial charge in [0.15, 0.2) is 0 Å². The maximum absolute atomic E-state index is 2.46. The molecule has 0 radical (unpaired) electrons. The Morgan fingerprint density at radius 3 is 1.73 bits per heavy atom. The molecule has 0 aliphatic heterocycles. The van der Waals surface area contributed by atoms with Gasteiger partial charge in [-0.2, -0.15) is 0 Å². The van der Waals surface area contributed by atoms with Gasteiger partial charge in [-0.15, -0.1) is 0 Å². The summed E-state index contributed by atoms with van der Waals surface area (Å²) in [6, 6.07) is 48.7. The van der Waals surface area contributed by atoms with Crippen LogP contribution in [0.5, 0.6) is 0 Å². The predicted octanol–water partition coefficient (Wildman–Crippen LogP) is 11.1. The van der Waals surface area contributed by atoms with Crippen LogP contribution in [-0.4, -0.2) is 0 Å². The third kappa shape index (κ3) is 3.61. The van der Waals surface area contributed by atoms with Gasteiger partial charge >= 0.3 is 0 Å². The van der Waals surface area contributed by atoms with Crippen LogP contribution in [0.4, 0.5) is 0 Å². The topological polar surface area (TPSA) is 0 Å². The summed E-state index contributed by atoms with van der Waals surface area (Å²) < 4.78 is 0. The Morgan fingerprint density at radius 1 is 0.475 bits per heavy atom. The molecule has 1 aliphatic carbocycles. The maximum Gasteiger partial charge on any atom is 0.00686 e. The Morgan fingerprint density at radius 2 is 1.02 bits per heavy atom. The Bertz CT molecular complexity index is 2130. The van der Waals surface area contributed by atoms with E-state index in [0.29, 0.717) is 5.92 Å². The fourth-order valence-electron chi connectivity index (χ4n) is 6.80. The Kier molecular flexibility index (Phi) is 5.38. The molecule has 7 aromatic carbocycles. The highest BCUT2D eigenvalue weighted by Gasteiger charge is 2.23. The van der Waals surface area contributed by atoms with Gasteiger partial charge in [0.05, 0.1) is 0 Å². The minimum absolute atomic E-state index is 0.292. The Hall–Kier alpha value is -4.94. The third-order valence-electron chi connectivity index (χ3n) is 8.59. The molecule has 0 spiro atoms. The number of benzene rings is 7. The largest absolute Gasteiger partial charge is 0.0760 e. The second-order valence-electron chi connectivity index (χ2n) is 10.8. The van der Waals surface area contributed by atoms with Crippen molar-refractivity contribution in [2.45, 2.75) is 12.3 Å². The van der Waals surface area contributed by atoms with Gasteiger partial charge < -0.3 is 0 Å². The van der Waals surface area contributed by atoms with Crippen LogP contribution in [0, 0.1) is 0 Å². The molecule has 0 nitrogen and oxygen atoms in total. The Balaban J connectivity index is 1.32. The van der Waals surface area contributed by atoms with Crippen molar-refractivity contribution in [3.8, 4) is 11.1 Å². The smallest absolute Gasteiger partial charge is 0.00686 e. The van der Waals surface area contributed by atoms with E-state index >= 15 is 0 Å². The zero-order chi connectivity index (χ0) is 26.5. The fraction of sp³-hybridized carbons (Fsp3) is 0.0500. The number of fused-ring (bicyclic) bond motifs is 6. The summed E-state index contributed by atoms with van der Waals surface area (Å²) in [4.78, 5) is 0. The molecule has 1 atom stereocenters. The molecular weight excluding hydrogens is 480 g/mol. The van der Waals surface area contributed by atoms with Crippen molar-refractivity contribution in [3.63, 3.8) is 0 Å². The van der Waals surface area contributed by atoms with E-state index in [-0.39, 0.29) is 0 Å². The molecule has 0 amide bonds. The third-order valence-corrected chi connectivity index (χ3v) is 8.59. The van der Waals surface area contributed by atoms with Crippen molar-refractivity contribution < 1.29 is 0 Å². The zero-order valence-corrected chi connectivity index (χ0v) is 22.2. The lowest BCUT2D eigenvalue weighted by Gasteiger charge is -2.25. The van der Waals surface area contributed by atoms with Gasteiger partial charge in [-0.3, -0.25) is 0 Å². The van der Waals surface area contributed by atoms with Gasteiger partial charge in [0.25, 0.3) is 0 Å². The highest BCUT2D eigenvalue weighted by molar-refractivity contribution is 6.16. The second kappa shape index (κ2) is 9.36. The molecule has 0 heteroatoms. The first kappa shape index (κ1) is 23.0. The summed E-state index contributed by atoms with van der Waals surface area (Å²) in [6.45, 7) is 0. The Labute approximate surface area is 234 Å². The van der Waals surface area contributed by atoms with Gasteiger partial charge in [0, 0.05) is 5.92 Å². The van der Waals surface area contributed by atoms with Crippen molar-refractivity contribution in [2.75, 3.05) is 0 Å². The maximum atomic E-state index is 2.46. The van der Waals surface area contributed by atoms with Crippen molar-refractivity contribution in [2.24, 2.45) is 0 Å². The minimum atomic E-state index is 0.292. The minimum Gasteiger partial charge on any atom is -0.0760 e. The van der Waals surface area contributed by atoms with Crippen LogP contribution >= 0.6 is 0 Å². The van der Waals surface area contributed by atoms with E-state index in [1.807, 2.05) is 0 Å². The van der Waals surface area contributed by atoms with Crippen LogP contribution in [0.25, 0.3) is 59.8 Å². The quantitative estimate of drug-likeness (QED) is 0.208. The number of hydrogen-bond donors (Lipinski definition) is 0. The first-order valence-electron chi connectivity index (χ1n) is 14.1. The standard InChI is InChI=1S/C40H28/c1-2-12-28(13-3-1)39-36-20-10-8-17-33(36)34-18-9-11-21-37(34)40(39)29-24-22-27(23-25-29)38-26-30-14-4-5-15-31(30)32-16-6-7-19-35(32)38/h1-24,26,29H,25H2. The van der Waals surface area contributed by atoms with E-state index in [9.17, 15) is 0 Å². The molecule has 0 saturated heterocycles. The molecule has 0 saturated carbocycles. The van der Waals surface area contributed by atoms with Gasteiger partial charge in [0.1, 0.15) is 0 Å². The lowest BCUT2D eigenvalue weighted by atomic mass is 9.79. The highest BCUT2D eigenvalue weighted by Crippen LogP contribution is 2.45. The molecule has 0 fully saturated rings. The summed E-state index contributed by atoms with van der Waals surface area (Å²) in [5, 5.41) is 10.6. The molecule has 1 unspecified atom stereocenters. The lowest BCUT2D eigenvalue weighted by molar-refractivity contribution is 0.868. The average Bonchev–Trinajstić information content (AvgIpc) is 3.04. The predicted molar refractivity (Wildman–Crippen MR) is 173 cm³/mol. The summed E-state index contributed by atoms with van der Waals surface area (Å²) in [5.74, 6) is 0.292. The van der Waals surface area contributed by atoms with E-state index in [4.69, 9.17) is 0 Å². The zero-order valence-electron chi connectivity index (χ0n) is 22.2. The van der Waals surface area contributed by atoms with Crippen molar-refractivity contribution in [3.05, 3.63) is 163 Å². The SMILES string of the molecule is C1=CC(c2c(-c3ccccc3)c3ccccc3c3ccccc23)CC=C1c1cc2ccccc2c2ccccc12. The number of hydrogen-bond acceptors (Lipinski definition) is 0. The molecule has 7 aromatic rings. The van der Waals surface area contributed by atoms with Crippen LogP contribution in [0.2, 0.25) is 0 Å². The highest BCUT2D eigenvalue weighted by atomic mass is 14.3. The van der Waals surface area contributed by atoms with E-state index < -0.39 is 0 Å². The number of rotatable bonds is 3. The van der Waals surface area contributed by atoms with Crippen LogP contribution in [0.15, 0.2) is 152 Å². The average molecular weight is 509 g/mol. The molecule has 0 aromatic heterocycles. The van der Waals surface area contributed by atoms with Crippen LogP contribution in [0.1, 0.15) is 23.5 Å². The fourth-order valence-corrected chi connectivity index (χ4v) is 6.80. The molecule has 0 bridgehead atoms. The monoisotopic (exact) mass is 508 g/mol. The van der Waals surface area contributed by atoms with Gasteiger partial charge in [-0.05, 0) is 83.4 Å². The van der Waals surface area contributed by atoms with Crippen molar-refractivity contribution in [1.82, 2.24) is 0 Å². The van der Waals surface area contributed by atoms with Crippen LogP contribution in [0.3, 0.4) is 0 Å². The number of allylic oxidation sites excluding steroid dienone is 4. The van der Waals surface area contributed by atoms with Gasteiger partial charge in [0.2, 0.25) is 0 Å². The molecule has 188 valence electrons. The summed E-state index contributed by atoms with van der Waals surface area (Å²) in [5.41, 5.74) is 6.69. The van der Waals surface area contributed by atoms with E-state index in [0.717, 1.165) is 6.42 Å². The summed E-state index contributed by atoms with van der Waals surface area (Å²) in [7, 11) is 0. The molecule has 0 heterocycles. The van der Waals surface area contributed by atoms with Gasteiger partial charge in [-0.1, -0.05) is 146 Å². The first-order chi connectivity index (χ1) is 19.9. The van der Waals surface area contributed by atoms with E-state index in [1.54, 1.807) is 0 Å². The molecular formula is C40H28. The van der Waals surface area contributed by atoms with Crippen LogP contribution in [-0.2, 0) is 0 Å². The molecule has 0 N–H and O–H groups in total. The molecule has 40 heavy (non-hydrogen) atoms. The van der Waals surface area contributed by atoms with Crippen molar-refractivity contribution >= 4 is 48.7 Å². The van der Waals surface area contributed by atoms with Crippen molar-refractivity contribution in [1.29, 1.82) is 0 Å². The van der Waals surface area contributed by atoms with Gasteiger partial charge in [-0.25, -0.2) is 0 Å². The summed E-state index contributed by atoms with van der Waals surface area (Å²) >= 11 is 0.